The van der Waals surface area contributed by atoms with Crippen molar-refractivity contribution in [3.05, 3.63) is 29.3 Å². The first-order valence-electron chi connectivity index (χ1n) is 4.69. The topological polar surface area (TPSA) is 89.6 Å². The number of aliphatic carboxylic acids is 1. The minimum Gasteiger partial charge on any atom is -0.496 e. The molecule has 0 heterocycles. The average Bonchev–Trinajstić information content (AvgIpc) is 2.28. The number of methoxy groups -OCH3 is 1. The van der Waals surface area contributed by atoms with E-state index in [9.17, 15) is 9.59 Å². The van der Waals surface area contributed by atoms with Gasteiger partial charge >= 0.3 is 5.97 Å². The molecule has 0 radical (unpaired) electrons. The molecule has 0 fully saturated rings. The lowest BCUT2D eigenvalue weighted by Crippen LogP contribution is -2.32. The number of nitrogens with two attached hydrogens (primary N) is 1. The molecule has 6 heteroatoms. The van der Waals surface area contributed by atoms with Crippen LogP contribution in [0.4, 0.5) is 0 Å². The van der Waals surface area contributed by atoms with E-state index in [2.05, 4.69) is 0 Å². The Balaban J connectivity index is 0.00000256. The van der Waals surface area contributed by atoms with Crippen LogP contribution in [0.5, 0.6) is 5.75 Å². The van der Waals surface area contributed by atoms with Gasteiger partial charge in [0.15, 0.2) is 6.29 Å². The van der Waals surface area contributed by atoms with Crippen molar-refractivity contribution in [1.82, 2.24) is 0 Å². The molecule has 3 N–H and O–H groups in total. The first kappa shape index (κ1) is 15.4. The number of hydrogen-bond acceptors (Lipinski definition) is 4. The summed E-state index contributed by atoms with van der Waals surface area (Å²) in [5, 5.41) is 8.65. The molecule has 0 aliphatic carbocycles. The van der Waals surface area contributed by atoms with E-state index in [1.165, 1.54) is 7.11 Å². The van der Waals surface area contributed by atoms with Crippen molar-refractivity contribution in [3.8, 4) is 5.75 Å². The monoisotopic (exact) mass is 259 g/mol. The van der Waals surface area contributed by atoms with E-state index in [-0.39, 0.29) is 18.8 Å². The number of aldehydes is 1. The van der Waals surface area contributed by atoms with Crippen molar-refractivity contribution in [1.29, 1.82) is 0 Å². The standard InChI is InChI=1S/C11H13NO4.ClH/c1-16-10-3-2-7(4-8(10)6-13)5-9(12)11(14)15;/h2-4,6,9H,5,12H2,1H3,(H,14,15);1H. The van der Waals surface area contributed by atoms with E-state index in [0.29, 0.717) is 23.2 Å². The maximum atomic E-state index is 10.7. The van der Waals surface area contributed by atoms with E-state index in [0.717, 1.165) is 0 Å². The summed E-state index contributed by atoms with van der Waals surface area (Å²) in [5.74, 6) is -0.605. The molecular weight excluding hydrogens is 246 g/mol. The van der Waals surface area contributed by atoms with Crippen LogP contribution >= 0.6 is 12.4 Å². The first-order valence-corrected chi connectivity index (χ1v) is 4.69. The van der Waals surface area contributed by atoms with Gasteiger partial charge in [-0.25, -0.2) is 0 Å². The van der Waals surface area contributed by atoms with Crippen LogP contribution in [0.2, 0.25) is 0 Å². The molecule has 0 saturated carbocycles. The van der Waals surface area contributed by atoms with Gasteiger partial charge in [-0.1, -0.05) is 6.07 Å². The lowest BCUT2D eigenvalue weighted by molar-refractivity contribution is -0.138. The van der Waals surface area contributed by atoms with E-state index in [4.69, 9.17) is 15.6 Å². The number of halogens is 1. The van der Waals surface area contributed by atoms with Gasteiger partial charge in [-0.3, -0.25) is 9.59 Å². The molecule has 1 unspecified atom stereocenters. The predicted octanol–water partition coefficient (Wildman–Crippen LogP) is 0.884. The number of benzene rings is 1. The van der Waals surface area contributed by atoms with Crippen LogP contribution in [-0.2, 0) is 11.2 Å². The Bertz CT molecular complexity index is 408. The number of carboxylic acid groups (broad SMARTS) is 1. The Labute approximate surface area is 105 Å². The third-order valence-corrected chi connectivity index (χ3v) is 2.19. The van der Waals surface area contributed by atoms with Crippen LogP contribution in [0.1, 0.15) is 15.9 Å². The summed E-state index contributed by atoms with van der Waals surface area (Å²) in [7, 11) is 1.46. The molecule has 0 bridgehead atoms. The van der Waals surface area contributed by atoms with Gasteiger partial charge in [0.05, 0.1) is 12.7 Å². The summed E-state index contributed by atoms with van der Waals surface area (Å²) >= 11 is 0. The fraction of sp³-hybridized carbons (Fsp3) is 0.273. The van der Waals surface area contributed by atoms with Crippen molar-refractivity contribution in [2.45, 2.75) is 12.5 Å². The van der Waals surface area contributed by atoms with Crippen LogP contribution < -0.4 is 10.5 Å². The van der Waals surface area contributed by atoms with Gasteiger partial charge in [-0.15, -0.1) is 12.4 Å². The highest BCUT2D eigenvalue weighted by atomic mass is 35.5. The second-order valence-electron chi connectivity index (χ2n) is 3.34. The highest BCUT2D eigenvalue weighted by molar-refractivity contribution is 5.85. The SMILES string of the molecule is COc1ccc(CC(N)C(=O)O)cc1C=O.Cl. The van der Waals surface area contributed by atoms with Crippen LogP contribution in [0.3, 0.4) is 0 Å². The molecule has 5 nitrogen and oxygen atoms in total. The molecule has 1 atom stereocenters. The Morgan fingerprint density at radius 2 is 2.24 bits per heavy atom. The normalized spacial score (nSPS) is 11.2. The Hall–Kier alpha value is -1.59. The van der Waals surface area contributed by atoms with Crippen molar-refractivity contribution < 1.29 is 19.4 Å². The molecule has 0 spiro atoms. The fourth-order valence-electron chi connectivity index (χ4n) is 1.34. The van der Waals surface area contributed by atoms with Crippen molar-refractivity contribution in [3.63, 3.8) is 0 Å². The van der Waals surface area contributed by atoms with Gasteiger partial charge < -0.3 is 15.6 Å². The zero-order chi connectivity index (χ0) is 12.1. The van der Waals surface area contributed by atoms with E-state index >= 15 is 0 Å². The average molecular weight is 260 g/mol. The number of carbonyl (C=O) groups excluding carboxylic acids is 1. The highest BCUT2D eigenvalue weighted by Gasteiger charge is 2.13. The van der Waals surface area contributed by atoms with Crippen molar-refractivity contribution in [2.24, 2.45) is 5.73 Å². The molecule has 1 aromatic carbocycles. The molecule has 1 aromatic rings. The van der Waals surface area contributed by atoms with Gasteiger partial charge in [-0.05, 0) is 24.1 Å². The van der Waals surface area contributed by atoms with Gasteiger partial charge in [0.25, 0.3) is 0 Å². The minimum absolute atomic E-state index is 0. The molecule has 17 heavy (non-hydrogen) atoms. The van der Waals surface area contributed by atoms with E-state index in [1.807, 2.05) is 0 Å². The van der Waals surface area contributed by atoms with Gasteiger partial charge in [-0.2, -0.15) is 0 Å². The van der Waals surface area contributed by atoms with Gasteiger partial charge in [0.1, 0.15) is 11.8 Å². The van der Waals surface area contributed by atoms with Crippen LogP contribution in [0, 0.1) is 0 Å². The Morgan fingerprint density at radius 1 is 1.59 bits per heavy atom. The molecule has 0 saturated heterocycles. The van der Waals surface area contributed by atoms with Crippen molar-refractivity contribution >= 4 is 24.7 Å². The van der Waals surface area contributed by atoms with Gasteiger partial charge in [0.2, 0.25) is 0 Å². The zero-order valence-electron chi connectivity index (χ0n) is 9.25. The maximum absolute atomic E-state index is 10.7. The third-order valence-electron chi connectivity index (χ3n) is 2.19. The largest absolute Gasteiger partial charge is 0.496 e. The lowest BCUT2D eigenvalue weighted by Gasteiger charge is -2.09. The molecule has 0 aliphatic rings. The lowest BCUT2D eigenvalue weighted by atomic mass is 10.0. The molecule has 0 aliphatic heterocycles. The fourth-order valence-corrected chi connectivity index (χ4v) is 1.34. The summed E-state index contributed by atoms with van der Waals surface area (Å²) in [4.78, 5) is 21.3. The number of ether oxygens (including phenoxy) is 1. The zero-order valence-corrected chi connectivity index (χ0v) is 10.1. The second-order valence-corrected chi connectivity index (χ2v) is 3.34. The number of rotatable bonds is 5. The third kappa shape index (κ3) is 4.05. The Kier molecular flexibility index (Phi) is 6.23. The minimum atomic E-state index is -1.07. The molecule has 94 valence electrons. The molecular formula is C11H14ClNO4. The number of hydrogen-bond donors (Lipinski definition) is 2. The summed E-state index contributed by atoms with van der Waals surface area (Å²) in [6, 6.07) is 3.92. The van der Waals surface area contributed by atoms with E-state index < -0.39 is 12.0 Å². The summed E-state index contributed by atoms with van der Waals surface area (Å²) in [6.07, 6.45) is 0.842. The van der Waals surface area contributed by atoms with Crippen LogP contribution in [-0.4, -0.2) is 30.5 Å². The Morgan fingerprint density at radius 3 is 2.71 bits per heavy atom. The summed E-state index contributed by atoms with van der Waals surface area (Å²) < 4.78 is 4.96. The number of carbonyl (C=O) groups is 2. The van der Waals surface area contributed by atoms with Crippen LogP contribution in [0.25, 0.3) is 0 Å². The molecule has 0 amide bonds. The quantitative estimate of drug-likeness (QED) is 0.767. The second kappa shape index (κ2) is 6.88. The smallest absolute Gasteiger partial charge is 0.320 e. The first-order chi connectivity index (χ1) is 7.58. The molecule has 0 aromatic heterocycles. The predicted molar refractivity (Wildman–Crippen MR) is 64.9 cm³/mol. The summed E-state index contributed by atoms with van der Waals surface area (Å²) in [6.45, 7) is 0. The van der Waals surface area contributed by atoms with Crippen LogP contribution in [0.15, 0.2) is 18.2 Å². The highest BCUT2D eigenvalue weighted by Crippen LogP contribution is 2.18. The molecule has 1 rings (SSSR count). The number of carboxylic acids is 1. The summed E-state index contributed by atoms with van der Waals surface area (Å²) in [5.41, 5.74) is 6.47. The van der Waals surface area contributed by atoms with Crippen molar-refractivity contribution in [2.75, 3.05) is 7.11 Å². The maximum Gasteiger partial charge on any atom is 0.320 e. The van der Waals surface area contributed by atoms with Gasteiger partial charge in [0, 0.05) is 0 Å². The van der Waals surface area contributed by atoms with E-state index in [1.54, 1.807) is 18.2 Å².